The Kier molecular flexibility index (Phi) is 9.95. The van der Waals surface area contributed by atoms with Crippen molar-refractivity contribution in [2.75, 3.05) is 33.3 Å². The largest absolute Gasteiger partial charge is 0.493 e. The second-order valence-electron chi connectivity index (χ2n) is 6.89. The number of piperazine rings is 1. The van der Waals surface area contributed by atoms with Gasteiger partial charge < -0.3 is 14.8 Å². The summed E-state index contributed by atoms with van der Waals surface area (Å²) in [6.07, 6.45) is 0. The van der Waals surface area contributed by atoms with Crippen LogP contribution in [0.15, 0.2) is 66.0 Å². The van der Waals surface area contributed by atoms with Crippen LogP contribution in [0.3, 0.4) is 0 Å². The summed E-state index contributed by atoms with van der Waals surface area (Å²) in [6.45, 7) is 4.66. The first kappa shape index (κ1) is 24.5. The molecule has 0 bridgehead atoms. The second-order valence-corrected chi connectivity index (χ2v) is 7.87. The van der Waals surface area contributed by atoms with Gasteiger partial charge in [0.05, 0.1) is 13.2 Å². The van der Waals surface area contributed by atoms with Crippen LogP contribution in [0.25, 0.3) is 0 Å². The van der Waals surface area contributed by atoms with Crippen LogP contribution < -0.4 is 14.8 Å². The summed E-state index contributed by atoms with van der Waals surface area (Å²) in [4.78, 5) is 3.91. The molecule has 2 heterocycles. The highest BCUT2D eigenvalue weighted by atomic mass is 35.5. The number of benzene rings is 2. The first-order valence-corrected chi connectivity index (χ1v) is 10.6. The van der Waals surface area contributed by atoms with Gasteiger partial charge in [0.15, 0.2) is 11.5 Å². The summed E-state index contributed by atoms with van der Waals surface area (Å²) in [5, 5.41) is 5.60. The van der Waals surface area contributed by atoms with Gasteiger partial charge in [-0.3, -0.25) is 4.90 Å². The van der Waals surface area contributed by atoms with Crippen LogP contribution in [0.5, 0.6) is 11.5 Å². The summed E-state index contributed by atoms with van der Waals surface area (Å²) >= 11 is 1.81. The zero-order chi connectivity index (χ0) is 19.2. The average molecular weight is 467 g/mol. The van der Waals surface area contributed by atoms with Gasteiger partial charge in [-0.1, -0.05) is 42.5 Å². The van der Waals surface area contributed by atoms with E-state index in [-0.39, 0.29) is 30.9 Å². The Labute approximate surface area is 195 Å². The van der Waals surface area contributed by atoms with Gasteiger partial charge in [0.1, 0.15) is 6.61 Å². The third-order valence-electron chi connectivity index (χ3n) is 5.07. The molecule has 0 spiro atoms. The molecule has 3 aromatic rings. The molecule has 2 aromatic carbocycles. The molecule has 0 amide bonds. The Hall–Kier alpha value is -1.76. The summed E-state index contributed by atoms with van der Waals surface area (Å²) < 4.78 is 11.7. The zero-order valence-corrected chi connectivity index (χ0v) is 19.4. The van der Waals surface area contributed by atoms with E-state index >= 15 is 0 Å². The fourth-order valence-electron chi connectivity index (χ4n) is 3.65. The van der Waals surface area contributed by atoms with Gasteiger partial charge in [-0.15, -0.1) is 36.2 Å². The standard InChI is InChI=1S/C23H26N2O2S.2ClH/c1-26-21-16-19(9-10-20(21)27-17-18-6-3-2-4-7-18)23(22-8-5-15-28-22)25-13-11-24-12-14-25;;/h2-10,15-16,23-24H,11-14,17H2,1H3;2*1H/t23-;;/m0../s1. The number of ether oxygens (including phenoxy) is 2. The fraction of sp³-hybridized carbons (Fsp3) is 0.304. The molecular weight excluding hydrogens is 439 g/mol. The maximum Gasteiger partial charge on any atom is 0.161 e. The van der Waals surface area contributed by atoms with E-state index in [0.29, 0.717) is 6.61 Å². The number of nitrogens with zero attached hydrogens (tertiary/aromatic N) is 1. The topological polar surface area (TPSA) is 33.7 Å². The number of halogens is 2. The Morgan fingerprint density at radius 1 is 0.967 bits per heavy atom. The lowest BCUT2D eigenvalue weighted by Crippen LogP contribution is -2.45. The average Bonchev–Trinajstić information content (AvgIpc) is 3.28. The van der Waals surface area contributed by atoms with Crippen molar-refractivity contribution in [3.8, 4) is 11.5 Å². The van der Waals surface area contributed by atoms with Gasteiger partial charge in [0.25, 0.3) is 0 Å². The lowest BCUT2D eigenvalue weighted by atomic mass is 10.0. The minimum Gasteiger partial charge on any atom is -0.493 e. The molecule has 1 saturated heterocycles. The molecule has 0 unspecified atom stereocenters. The molecule has 162 valence electrons. The fourth-order valence-corrected chi connectivity index (χ4v) is 4.54. The third kappa shape index (κ3) is 5.90. The molecule has 7 heteroatoms. The van der Waals surface area contributed by atoms with E-state index in [1.54, 1.807) is 7.11 Å². The number of rotatable bonds is 7. The molecule has 4 rings (SSSR count). The van der Waals surface area contributed by atoms with Gasteiger partial charge in [-0.25, -0.2) is 0 Å². The smallest absolute Gasteiger partial charge is 0.161 e. The van der Waals surface area contributed by atoms with Gasteiger partial charge >= 0.3 is 0 Å². The lowest BCUT2D eigenvalue weighted by molar-refractivity contribution is 0.200. The maximum atomic E-state index is 6.04. The molecule has 4 nitrogen and oxygen atoms in total. The van der Waals surface area contributed by atoms with Crippen molar-refractivity contribution in [1.82, 2.24) is 10.2 Å². The van der Waals surface area contributed by atoms with Crippen molar-refractivity contribution in [1.29, 1.82) is 0 Å². The maximum absolute atomic E-state index is 6.04. The molecule has 1 N–H and O–H groups in total. The highest BCUT2D eigenvalue weighted by Crippen LogP contribution is 2.37. The molecule has 0 aliphatic carbocycles. The molecular formula is C23H28Cl2N2O2S. The van der Waals surface area contributed by atoms with Crippen LogP contribution in [0.2, 0.25) is 0 Å². The molecule has 1 aliphatic rings. The van der Waals surface area contributed by atoms with Crippen molar-refractivity contribution in [3.63, 3.8) is 0 Å². The van der Waals surface area contributed by atoms with E-state index in [1.807, 2.05) is 35.6 Å². The van der Waals surface area contributed by atoms with Gasteiger partial charge in [0.2, 0.25) is 0 Å². The summed E-state index contributed by atoms with van der Waals surface area (Å²) in [6, 6.07) is 21.2. The summed E-state index contributed by atoms with van der Waals surface area (Å²) in [5.74, 6) is 1.56. The highest BCUT2D eigenvalue weighted by molar-refractivity contribution is 7.10. The van der Waals surface area contributed by atoms with E-state index in [2.05, 4.69) is 52.0 Å². The molecule has 1 aromatic heterocycles. The summed E-state index contributed by atoms with van der Waals surface area (Å²) in [5.41, 5.74) is 2.39. The lowest BCUT2D eigenvalue weighted by Gasteiger charge is -2.35. The van der Waals surface area contributed by atoms with Crippen LogP contribution >= 0.6 is 36.2 Å². The van der Waals surface area contributed by atoms with E-state index < -0.39 is 0 Å². The number of hydrogen-bond donors (Lipinski definition) is 1. The van der Waals surface area contributed by atoms with Crippen molar-refractivity contribution >= 4 is 36.2 Å². The third-order valence-corrected chi connectivity index (χ3v) is 5.99. The molecule has 0 saturated carbocycles. The predicted octanol–water partition coefficient (Wildman–Crippen LogP) is 5.17. The Morgan fingerprint density at radius 3 is 2.40 bits per heavy atom. The number of nitrogens with one attached hydrogen (secondary N) is 1. The van der Waals surface area contributed by atoms with E-state index in [1.165, 1.54) is 10.4 Å². The van der Waals surface area contributed by atoms with Gasteiger partial charge in [0, 0.05) is 31.1 Å². The van der Waals surface area contributed by atoms with Crippen molar-refractivity contribution < 1.29 is 9.47 Å². The molecule has 1 fully saturated rings. The van der Waals surface area contributed by atoms with E-state index in [9.17, 15) is 0 Å². The predicted molar refractivity (Wildman–Crippen MR) is 129 cm³/mol. The van der Waals surface area contributed by atoms with Crippen molar-refractivity contribution in [3.05, 3.63) is 82.0 Å². The van der Waals surface area contributed by atoms with Crippen LogP contribution in [-0.2, 0) is 6.61 Å². The normalized spacial score (nSPS) is 14.8. The van der Waals surface area contributed by atoms with Crippen LogP contribution in [0.1, 0.15) is 22.0 Å². The number of hydrogen-bond acceptors (Lipinski definition) is 5. The summed E-state index contributed by atoms with van der Waals surface area (Å²) in [7, 11) is 1.71. The Bertz CT molecular complexity index is 872. The number of methoxy groups -OCH3 is 1. The van der Waals surface area contributed by atoms with Crippen molar-refractivity contribution in [2.24, 2.45) is 0 Å². The SMILES string of the molecule is COc1cc([C@@H](c2cccs2)N2CCNCC2)ccc1OCc1ccccc1.Cl.Cl. The first-order chi connectivity index (χ1) is 13.8. The Morgan fingerprint density at radius 2 is 1.73 bits per heavy atom. The van der Waals surface area contributed by atoms with E-state index in [0.717, 1.165) is 43.2 Å². The van der Waals surface area contributed by atoms with Crippen LogP contribution in [0, 0.1) is 0 Å². The molecule has 1 aliphatic heterocycles. The van der Waals surface area contributed by atoms with Crippen molar-refractivity contribution in [2.45, 2.75) is 12.6 Å². The molecule has 30 heavy (non-hydrogen) atoms. The number of thiophene rings is 1. The highest BCUT2D eigenvalue weighted by Gasteiger charge is 2.25. The molecule has 0 radical (unpaired) electrons. The molecule has 1 atom stereocenters. The monoisotopic (exact) mass is 466 g/mol. The zero-order valence-electron chi connectivity index (χ0n) is 17.0. The Balaban J connectivity index is 0.00000160. The van der Waals surface area contributed by atoms with E-state index in [4.69, 9.17) is 9.47 Å². The van der Waals surface area contributed by atoms with Gasteiger partial charge in [-0.05, 0) is 34.7 Å². The minimum absolute atomic E-state index is 0. The van der Waals surface area contributed by atoms with Crippen LogP contribution in [0.4, 0.5) is 0 Å². The second kappa shape index (κ2) is 12.2. The quantitative estimate of drug-likeness (QED) is 0.520. The minimum atomic E-state index is 0. The first-order valence-electron chi connectivity index (χ1n) is 9.68. The van der Waals surface area contributed by atoms with Gasteiger partial charge in [-0.2, -0.15) is 0 Å². The van der Waals surface area contributed by atoms with Crippen LogP contribution in [-0.4, -0.2) is 38.2 Å².